The largest absolute Gasteiger partial charge is 0.494 e. The highest BCUT2D eigenvalue weighted by Crippen LogP contribution is 2.14. The van der Waals surface area contributed by atoms with E-state index in [4.69, 9.17) is 4.74 Å². The first-order chi connectivity index (χ1) is 15.1. The molecule has 0 fully saturated rings. The summed E-state index contributed by atoms with van der Waals surface area (Å²) in [6.07, 6.45) is 11.4. The van der Waals surface area contributed by atoms with Crippen molar-refractivity contribution in [1.82, 2.24) is 5.43 Å². The minimum atomic E-state index is -0.478. The average Bonchev–Trinajstić information content (AvgIpc) is 2.78. The van der Waals surface area contributed by atoms with Crippen molar-refractivity contribution in [1.29, 1.82) is 0 Å². The summed E-state index contributed by atoms with van der Waals surface area (Å²) in [4.78, 5) is 22.5. The van der Waals surface area contributed by atoms with Gasteiger partial charge in [-0.05, 0) is 30.7 Å². The molecule has 2 aromatic carbocycles. The Bertz CT molecular complexity index is 850. The van der Waals surface area contributed by atoms with Gasteiger partial charge in [0.25, 0.3) is 11.6 Å². The van der Waals surface area contributed by atoms with E-state index in [9.17, 15) is 14.9 Å². The number of nitrogens with one attached hydrogen (secondary N) is 1. The van der Waals surface area contributed by atoms with Crippen LogP contribution in [0, 0.1) is 10.1 Å². The maximum absolute atomic E-state index is 12.2. The zero-order valence-electron chi connectivity index (χ0n) is 18.1. The van der Waals surface area contributed by atoms with Gasteiger partial charge in [-0.1, -0.05) is 64.0 Å². The summed E-state index contributed by atoms with van der Waals surface area (Å²) in [5.74, 6) is 0.371. The number of hydrogen-bond acceptors (Lipinski definition) is 5. The van der Waals surface area contributed by atoms with Crippen LogP contribution in [0.1, 0.15) is 74.2 Å². The fraction of sp³-hybridized carbons (Fsp3) is 0.417. The Balaban J connectivity index is 1.68. The van der Waals surface area contributed by atoms with Crippen molar-refractivity contribution in [3.63, 3.8) is 0 Å². The molecule has 0 heterocycles. The first-order valence-electron chi connectivity index (χ1n) is 10.9. The number of nitro benzene ring substituents is 1. The summed E-state index contributed by atoms with van der Waals surface area (Å²) in [6, 6.07) is 12.9. The number of hydrazone groups is 1. The normalized spacial score (nSPS) is 10.9. The highest BCUT2D eigenvalue weighted by molar-refractivity contribution is 5.95. The van der Waals surface area contributed by atoms with Crippen LogP contribution in [0.25, 0.3) is 0 Å². The zero-order chi connectivity index (χ0) is 22.3. The third kappa shape index (κ3) is 9.42. The predicted octanol–water partition coefficient (Wildman–Crippen LogP) is 5.88. The molecule has 0 aliphatic rings. The number of amides is 1. The van der Waals surface area contributed by atoms with Crippen LogP contribution in [-0.4, -0.2) is 23.7 Å². The van der Waals surface area contributed by atoms with Crippen LogP contribution in [0.5, 0.6) is 5.75 Å². The molecule has 7 heteroatoms. The Morgan fingerprint density at radius 1 is 1.03 bits per heavy atom. The molecule has 0 aliphatic heterocycles. The average molecular weight is 426 g/mol. The molecule has 0 saturated carbocycles. The summed E-state index contributed by atoms with van der Waals surface area (Å²) in [5, 5.41) is 14.6. The fourth-order valence-corrected chi connectivity index (χ4v) is 3.08. The molecule has 166 valence electrons. The van der Waals surface area contributed by atoms with E-state index in [1.54, 1.807) is 36.4 Å². The minimum absolute atomic E-state index is 0.0298. The Kier molecular flexibility index (Phi) is 10.8. The number of ether oxygens (including phenoxy) is 1. The van der Waals surface area contributed by atoms with Crippen molar-refractivity contribution in [3.05, 3.63) is 69.8 Å². The lowest BCUT2D eigenvalue weighted by Crippen LogP contribution is -2.17. The number of nitrogens with zero attached hydrogens (tertiary/aromatic N) is 2. The van der Waals surface area contributed by atoms with Crippen molar-refractivity contribution in [3.8, 4) is 5.75 Å². The summed E-state index contributed by atoms with van der Waals surface area (Å²) < 4.78 is 5.74. The van der Waals surface area contributed by atoms with Crippen LogP contribution in [0.15, 0.2) is 53.6 Å². The van der Waals surface area contributed by atoms with Gasteiger partial charge in [-0.3, -0.25) is 14.9 Å². The number of rotatable bonds is 14. The highest BCUT2D eigenvalue weighted by atomic mass is 16.6. The van der Waals surface area contributed by atoms with Gasteiger partial charge in [-0.2, -0.15) is 5.10 Å². The van der Waals surface area contributed by atoms with E-state index < -0.39 is 4.92 Å². The van der Waals surface area contributed by atoms with Gasteiger partial charge in [-0.25, -0.2) is 5.43 Å². The van der Waals surface area contributed by atoms with Gasteiger partial charge >= 0.3 is 0 Å². The minimum Gasteiger partial charge on any atom is -0.494 e. The SMILES string of the molecule is CCCCCCCCCCOc1ccc(C(=O)N/N=C/c2cccc([N+](=O)[O-])c2)cc1. The van der Waals surface area contributed by atoms with Crippen molar-refractivity contribution >= 4 is 17.8 Å². The van der Waals surface area contributed by atoms with E-state index in [2.05, 4.69) is 17.5 Å². The van der Waals surface area contributed by atoms with Gasteiger partial charge in [0.05, 0.1) is 17.7 Å². The molecule has 1 N–H and O–H groups in total. The van der Waals surface area contributed by atoms with E-state index in [0.29, 0.717) is 17.7 Å². The van der Waals surface area contributed by atoms with Gasteiger partial charge in [0, 0.05) is 23.3 Å². The summed E-state index contributed by atoms with van der Waals surface area (Å²) in [7, 11) is 0. The molecule has 0 aromatic heterocycles. The highest BCUT2D eigenvalue weighted by Gasteiger charge is 2.06. The van der Waals surface area contributed by atoms with Crippen LogP contribution in [-0.2, 0) is 0 Å². The standard InChI is InChI=1S/C24H31N3O4/c1-2-3-4-5-6-7-8-9-17-31-23-15-13-21(14-16-23)24(28)26-25-19-20-11-10-12-22(18-20)27(29)30/h10-16,18-19H,2-9,17H2,1H3,(H,26,28)/b25-19+. The van der Waals surface area contributed by atoms with Crippen LogP contribution in [0.4, 0.5) is 5.69 Å². The maximum Gasteiger partial charge on any atom is 0.271 e. The first kappa shape index (κ1) is 24.1. The third-order valence-corrected chi connectivity index (χ3v) is 4.84. The lowest BCUT2D eigenvalue weighted by molar-refractivity contribution is -0.384. The molecule has 0 aliphatic carbocycles. The van der Waals surface area contributed by atoms with E-state index in [1.165, 1.54) is 63.3 Å². The van der Waals surface area contributed by atoms with Crippen molar-refractivity contribution in [2.45, 2.75) is 58.3 Å². The lowest BCUT2D eigenvalue weighted by Gasteiger charge is -2.07. The quantitative estimate of drug-likeness (QED) is 0.177. The number of carbonyl (C=O) groups excluding carboxylic acids is 1. The molecule has 0 atom stereocenters. The van der Waals surface area contributed by atoms with Crippen molar-refractivity contribution < 1.29 is 14.5 Å². The number of non-ortho nitro benzene ring substituents is 1. The van der Waals surface area contributed by atoms with Crippen LogP contribution in [0.3, 0.4) is 0 Å². The molecule has 0 saturated heterocycles. The molecule has 7 nitrogen and oxygen atoms in total. The smallest absolute Gasteiger partial charge is 0.271 e. The van der Waals surface area contributed by atoms with Crippen molar-refractivity contribution in [2.75, 3.05) is 6.61 Å². The van der Waals surface area contributed by atoms with E-state index >= 15 is 0 Å². The number of nitro groups is 1. The number of hydrogen-bond donors (Lipinski definition) is 1. The summed E-state index contributed by atoms with van der Waals surface area (Å²) in [5.41, 5.74) is 3.37. The van der Waals surface area contributed by atoms with Crippen LogP contribution in [0.2, 0.25) is 0 Å². The Hall–Kier alpha value is -3.22. The molecule has 31 heavy (non-hydrogen) atoms. The van der Waals surface area contributed by atoms with Crippen LogP contribution >= 0.6 is 0 Å². The molecule has 0 unspecified atom stereocenters. The van der Waals surface area contributed by atoms with Gasteiger partial charge in [0.2, 0.25) is 0 Å². The van der Waals surface area contributed by atoms with Crippen molar-refractivity contribution in [2.24, 2.45) is 5.10 Å². The number of carbonyl (C=O) groups is 1. The maximum atomic E-state index is 12.2. The Morgan fingerprint density at radius 2 is 1.71 bits per heavy atom. The molecule has 0 radical (unpaired) electrons. The second-order valence-electron chi connectivity index (χ2n) is 7.40. The zero-order valence-corrected chi connectivity index (χ0v) is 18.1. The Morgan fingerprint density at radius 3 is 2.39 bits per heavy atom. The van der Waals surface area contributed by atoms with Gasteiger partial charge in [-0.15, -0.1) is 0 Å². The molecule has 1 amide bonds. The molecule has 0 spiro atoms. The first-order valence-corrected chi connectivity index (χ1v) is 10.9. The van der Waals surface area contributed by atoms with E-state index in [-0.39, 0.29) is 11.6 Å². The predicted molar refractivity (Wildman–Crippen MR) is 123 cm³/mol. The number of unbranched alkanes of at least 4 members (excludes halogenated alkanes) is 7. The monoisotopic (exact) mass is 425 g/mol. The van der Waals surface area contributed by atoms with Gasteiger partial charge < -0.3 is 4.74 Å². The summed E-state index contributed by atoms with van der Waals surface area (Å²) >= 11 is 0. The Labute approximate surface area is 183 Å². The third-order valence-electron chi connectivity index (χ3n) is 4.84. The molecular weight excluding hydrogens is 394 g/mol. The van der Waals surface area contributed by atoms with E-state index in [1.807, 2.05) is 0 Å². The lowest BCUT2D eigenvalue weighted by atomic mass is 10.1. The second-order valence-corrected chi connectivity index (χ2v) is 7.40. The second kappa shape index (κ2) is 13.9. The topological polar surface area (TPSA) is 93.8 Å². The van der Waals surface area contributed by atoms with Gasteiger partial charge in [0.1, 0.15) is 5.75 Å². The van der Waals surface area contributed by atoms with Crippen LogP contribution < -0.4 is 10.2 Å². The molecule has 0 bridgehead atoms. The number of benzene rings is 2. The summed E-state index contributed by atoms with van der Waals surface area (Å²) in [6.45, 7) is 2.90. The van der Waals surface area contributed by atoms with Gasteiger partial charge in [0.15, 0.2) is 0 Å². The van der Waals surface area contributed by atoms with E-state index in [0.717, 1.165) is 12.2 Å². The molecular formula is C24H31N3O4. The fourth-order valence-electron chi connectivity index (χ4n) is 3.08. The molecule has 2 aromatic rings. The molecule has 2 rings (SSSR count).